The van der Waals surface area contributed by atoms with Crippen molar-refractivity contribution in [3.63, 3.8) is 0 Å². The minimum Gasteiger partial charge on any atom is -0.356 e. The van der Waals surface area contributed by atoms with Gasteiger partial charge in [0.1, 0.15) is 6.33 Å². The molecule has 0 bridgehead atoms. The molecule has 2 heterocycles. The first kappa shape index (κ1) is 8.11. The van der Waals surface area contributed by atoms with Crippen LogP contribution in [0.25, 0.3) is 22.1 Å². The second-order valence-corrected chi connectivity index (χ2v) is 3.18. The Morgan fingerprint density at radius 2 is 1.87 bits per heavy atom. The number of benzene rings is 1. The van der Waals surface area contributed by atoms with Crippen LogP contribution < -0.4 is 0 Å². The molecular weight excluding hydrogens is 190 g/mol. The van der Waals surface area contributed by atoms with E-state index < -0.39 is 0 Å². The van der Waals surface area contributed by atoms with Crippen LogP contribution in [0.5, 0.6) is 0 Å². The molecule has 0 unspecified atom stereocenters. The number of nitrogens with zero attached hydrogens (tertiary/aromatic N) is 3. The van der Waals surface area contributed by atoms with E-state index in [9.17, 15) is 0 Å². The van der Waals surface area contributed by atoms with Gasteiger partial charge in [-0.15, -0.1) is 0 Å². The largest absolute Gasteiger partial charge is 0.356 e. The number of hydrogen-bond donors (Lipinski definition) is 0. The molecule has 1 aromatic carbocycles. The molecule has 0 saturated heterocycles. The topological polar surface area (TPSA) is 51.8 Å². The van der Waals surface area contributed by atoms with Crippen molar-refractivity contribution in [2.24, 2.45) is 0 Å². The van der Waals surface area contributed by atoms with E-state index in [1.165, 1.54) is 6.33 Å². The Hall–Kier alpha value is -2.23. The van der Waals surface area contributed by atoms with Gasteiger partial charge >= 0.3 is 0 Å². The predicted molar refractivity (Wildman–Crippen MR) is 55.0 cm³/mol. The summed E-state index contributed by atoms with van der Waals surface area (Å²) in [6, 6.07) is 5.88. The van der Waals surface area contributed by atoms with Gasteiger partial charge in [-0.2, -0.15) is 0 Å². The summed E-state index contributed by atoms with van der Waals surface area (Å²) in [5.74, 6) is 0. The van der Waals surface area contributed by atoms with Crippen LogP contribution in [0, 0.1) is 0 Å². The molecule has 0 aliphatic carbocycles. The molecule has 15 heavy (non-hydrogen) atoms. The minimum absolute atomic E-state index is 0.771. The van der Waals surface area contributed by atoms with Crippen molar-refractivity contribution >= 4 is 11.0 Å². The molecule has 3 rings (SSSR count). The second kappa shape index (κ2) is 3.16. The summed E-state index contributed by atoms with van der Waals surface area (Å²) in [6.45, 7) is 0. The van der Waals surface area contributed by atoms with Crippen molar-refractivity contribution < 1.29 is 4.52 Å². The third-order valence-electron chi connectivity index (χ3n) is 2.25. The molecule has 4 nitrogen and oxygen atoms in total. The molecule has 0 saturated carbocycles. The van der Waals surface area contributed by atoms with Crippen LogP contribution in [0.3, 0.4) is 0 Å². The Morgan fingerprint density at radius 3 is 2.73 bits per heavy atom. The number of hydrogen-bond acceptors (Lipinski definition) is 4. The number of para-hydroxylation sites is 1. The maximum atomic E-state index is 5.20. The number of aromatic nitrogens is 3. The Balaban J connectivity index is 2.31. The lowest BCUT2D eigenvalue weighted by Crippen LogP contribution is -1.82. The lowest BCUT2D eigenvalue weighted by molar-refractivity contribution is 0.457. The van der Waals surface area contributed by atoms with Gasteiger partial charge < -0.3 is 4.52 Å². The van der Waals surface area contributed by atoms with Gasteiger partial charge in [0, 0.05) is 28.9 Å². The third-order valence-corrected chi connectivity index (χ3v) is 2.25. The molecule has 4 heteroatoms. The molecule has 0 fully saturated rings. The van der Waals surface area contributed by atoms with Crippen LogP contribution >= 0.6 is 0 Å². The summed E-state index contributed by atoms with van der Waals surface area (Å²) in [7, 11) is 0. The molecule has 0 aliphatic heterocycles. The molecule has 0 N–H and O–H groups in total. The fraction of sp³-hybridized carbons (Fsp3) is 0. The smallest absolute Gasteiger partial charge is 0.174 e. The zero-order valence-corrected chi connectivity index (χ0v) is 7.79. The SMILES string of the molecule is c1cc(-c2cncnc2)c2oncc2c1. The molecule has 0 atom stereocenters. The fourth-order valence-electron chi connectivity index (χ4n) is 1.56. The highest BCUT2D eigenvalue weighted by molar-refractivity contribution is 5.91. The van der Waals surface area contributed by atoms with Gasteiger partial charge in [0.25, 0.3) is 0 Å². The van der Waals surface area contributed by atoms with Crippen molar-refractivity contribution in [2.75, 3.05) is 0 Å². The van der Waals surface area contributed by atoms with Crippen LogP contribution in [0.1, 0.15) is 0 Å². The van der Waals surface area contributed by atoms with Crippen LogP contribution in [0.2, 0.25) is 0 Å². The van der Waals surface area contributed by atoms with Gasteiger partial charge in [0.05, 0.1) is 6.20 Å². The highest BCUT2D eigenvalue weighted by atomic mass is 16.5. The summed E-state index contributed by atoms with van der Waals surface area (Å²) in [6.07, 6.45) is 6.71. The van der Waals surface area contributed by atoms with Gasteiger partial charge in [-0.3, -0.25) is 0 Å². The molecule has 0 spiro atoms. The fourth-order valence-corrected chi connectivity index (χ4v) is 1.56. The number of fused-ring (bicyclic) bond motifs is 1. The average molecular weight is 197 g/mol. The van der Waals surface area contributed by atoms with Crippen molar-refractivity contribution in [3.05, 3.63) is 43.1 Å². The Kier molecular flexibility index (Phi) is 1.71. The van der Waals surface area contributed by atoms with Crippen molar-refractivity contribution in [1.82, 2.24) is 15.1 Å². The summed E-state index contributed by atoms with van der Waals surface area (Å²) in [4.78, 5) is 7.96. The average Bonchev–Trinajstić information content (AvgIpc) is 2.78. The molecule has 72 valence electrons. The van der Waals surface area contributed by atoms with Gasteiger partial charge in [-0.1, -0.05) is 17.3 Å². The van der Waals surface area contributed by atoms with E-state index in [1.54, 1.807) is 18.6 Å². The lowest BCUT2D eigenvalue weighted by atomic mass is 10.1. The van der Waals surface area contributed by atoms with Gasteiger partial charge in [0.15, 0.2) is 5.58 Å². The highest BCUT2D eigenvalue weighted by Gasteiger charge is 2.07. The van der Waals surface area contributed by atoms with Crippen LogP contribution in [-0.2, 0) is 0 Å². The first-order valence-corrected chi connectivity index (χ1v) is 4.54. The lowest BCUT2D eigenvalue weighted by Gasteiger charge is -1.99. The normalized spacial score (nSPS) is 10.7. The van der Waals surface area contributed by atoms with E-state index in [-0.39, 0.29) is 0 Å². The van der Waals surface area contributed by atoms with E-state index >= 15 is 0 Å². The van der Waals surface area contributed by atoms with Crippen LogP contribution in [-0.4, -0.2) is 15.1 Å². The Morgan fingerprint density at radius 1 is 1.00 bits per heavy atom. The number of rotatable bonds is 1. The van der Waals surface area contributed by atoms with Gasteiger partial charge in [-0.25, -0.2) is 9.97 Å². The summed E-state index contributed by atoms with van der Waals surface area (Å²) in [5.41, 5.74) is 2.66. The monoisotopic (exact) mass is 197 g/mol. The predicted octanol–water partition coefficient (Wildman–Crippen LogP) is 2.28. The molecule has 0 aliphatic rings. The first-order valence-electron chi connectivity index (χ1n) is 4.54. The molecule has 0 amide bonds. The zero-order chi connectivity index (χ0) is 10.1. The second-order valence-electron chi connectivity index (χ2n) is 3.18. The van der Waals surface area contributed by atoms with Crippen LogP contribution in [0.4, 0.5) is 0 Å². The van der Waals surface area contributed by atoms with E-state index in [1.807, 2.05) is 18.2 Å². The third kappa shape index (κ3) is 1.27. The molecule has 2 aromatic heterocycles. The van der Waals surface area contributed by atoms with E-state index in [4.69, 9.17) is 4.52 Å². The van der Waals surface area contributed by atoms with E-state index in [2.05, 4.69) is 15.1 Å². The van der Waals surface area contributed by atoms with Crippen molar-refractivity contribution in [1.29, 1.82) is 0 Å². The van der Waals surface area contributed by atoms with Crippen molar-refractivity contribution in [3.8, 4) is 11.1 Å². The Labute approximate surface area is 85.6 Å². The quantitative estimate of drug-likeness (QED) is 0.600. The van der Waals surface area contributed by atoms with E-state index in [0.29, 0.717) is 0 Å². The highest BCUT2D eigenvalue weighted by Crippen LogP contribution is 2.26. The molecule has 3 aromatic rings. The van der Waals surface area contributed by atoms with Gasteiger partial charge in [0.2, 0.25) is 0 Å². The summed E-state index contributed by atoms with van der Waals surface area (Å²) >= 11 is 0. The summed E-state index contributed by atoms with van der Waals surface area (Å²) < 4.78 is 5.20. The van der Waals surface area contributed by atoms with Crippen molar-refractivity contribution in [2.45, 2.75) is 0 Å². The maximum absolute atomic E-state index is 5.20. The Bertz CT molecular complexity index is 589. The minimum atomic E-state index is 0.771. The maximum Gasteiger partial charge on any atom is 0.174 e. The first-order chi connectivity index (χ1) is 7.45. The molecular formula is C11H7N3O. The van der Waals surface area contributed by atoms with Gasteiger partial charge in [-0.05, 0) is 6.07 Å². The standard InChI is InChI=1S/C11H7N3O/c1-2-8-6-14-15-11(8)10(3-1)9-4-12-7-13-5-9/h1-7H. The van der Waals surface area contributed by atoms with E-state index in [0.717, 1.165) is 22.1 Å². The zero-order valence-electron chi connectivity index (χ0n) is 7.79. The molecule has 0 radical (unpaired) electrons. The van der Waals surface area contributed by atoms with Crippen LogP contribution in [0.15, 0.2) is 47.6 Å². The summed E-state index contributed by atoms with van der Waals surface area (Å²) in [5, 5.41) is 4.75.